The van der Waals surface area contributed by atoms with E-state index in [-0.39, 0.29) is 0 Å². The highest BCUT2D eigenvalue weighted by Crippen LogP contribution is 2.33. The van der Waals surface area contributed by atoms with Crippen LogP contribution in [-0.2, 0) is 7.05 Å². The molecule has 0 amide bonds. The van der Waals surface area contributed by atoms with Crippen molar-refractivity contribution in [2.24, 2.45) is 7.05 Å². The van der Waals surface area contributed by atoms with Crippen LogP contribution >= 0.6 is 15.9 Å². The number of hydrogen-bond donors (Lipinski definition) is 1. The van der Waals surface area contributed by atoms with Crippen LogP contribution in [-0.4, -0.2) is 16.9 Å². The molecule has 0 atom stereocenters. The van der Waals surface area contributed by atoms with Gasteiger partial charge in [0.05, 0.1) is 17.3 Å². The summed E-state index contributed by atoms with van der Waals surface area (Å²) in [4.78, 5) is 0. The van der Waals surface area contributed by atoms with Gasteiger partial charge in [-0.1, -0.05) is 0 Å². The highest BCUT2D eigenvalue weighted by molar-refractivity contribution is 9.10. The van der Waals surface area contributed by atoms with Crippen LogP contribution in [0, 0.1) is 6.92 Å². The maximum absolute atomic E-state index is 5.77. The number of hydrogen-bond acceptors (Lipinski definition) is 3. The Labute approximate surface area is 109 Å². The van der Waals surface area contributed by atoms with Gasteiger partial charge in [-0.05, 0) is 40.5 Å². The van der Waals surface area contributed by atoms with E-state index in [0.717, 1.165) is 27.0 Å². The first-order valence-corrected chi connectivity index (χ1v) is 5.96. The fourth-order valence-electron chi connectivity index (χ4n) is 1.76. The lowest BCUT2D eigenvalue weighted by Crippen LogP contribution is -1.96. The predicted octanol–water partition coefficient (Wildman–Crippen LogP) is 2.75. The Morgan fingerprint density at radius 1 is 1.35 bits per heavy atom. The van der Waals surface area contributed by atoms with Crippen LogP contribution in [0.4, 0.5) is 5.82 Å². The molecule has 2 N–H and O–H groups in total. The van der Waals surface area contributed by atoms with E-state index in [1.165, 1.54) is 0 Å². The molecule has 5 heteroatoms. The minimum absolute atomic E-state index is 0.643. The van der Waals surface area contributed by atoms with E-state index in [9.17, 15) is 0 Å². The number of rotatable bonds is 2. The first-order valence-electron chi connectivity index (χ1n) is 5.17. The van der Waals surface area contributed by atoms with Crippen molar-refractivity contribution in [1.82, 2.24) is 9.78 Å². The highest BCUT2D eigenvalue weighted by Gasteiger charge is 2.10. The van der Waals surface area contributed by atoms with E-state index in [1.54, 1.807) is 11.8 Å². The van der Waals surface area contributed by atoms with Crippen molar-refractivity contribution in [1.29, 1.82) is 0 Å². The molecule has 0 aliphatic heterocycles. The molecule has 0 radical (unpaired) electrons. The molecular formula is C12H14BrN3O. The van der Waals surface area contributed by atoms with Crippen molar-refractivity contribution in [3.8, 4) is 17.0 Å². The molecule has 0 saturated heterocycles. The van der Waals surface area contributed by atoms with Gasteiger partial charge >= 0.3 is 0 Å². The van der Waals surface area contributed by atoms with Gasteiger partial charge in [-0.25, -0.2) is 0 Å². The van der Waals surface area contributed by atoms with E-state index in [2.05, 4.69) is 21.0 Å². The van der Waals surface area contributed by atoms with Crippen LogP contribution in [0.25, 0.3) is 11.3 Å². The molecule has 17 heavy (non-hydrogen) atoms. The molecule has 0 fully saturated rings. The lowest BCUT2D eigenvalue weighted by molar-refractivity contribution is 0.409. The number of aromatic nitrogens is 2. The Kier molecular flexibility index (Phi) is 3.11. The molecule has 90 valence electrons. The number of ether oxygens (including phenoxy) is 1. The molecule has 1 aromatic carbocycles. The molecule has 0 unspecified atom stereocenters. The van der Waals surface area contributed by atoms with Gasteiger partial charge in [0.25, 0.3) is 0 Å². The lowest BCUT2D eigenvalue weighted by atomic mass is 10.1. The lowest BCUT2D eigenvalue weighted by Gasteiger charge is -2.08. The second-order valence-electron chi connectivity index (χ2n) is 3.89. The smallest absolute Gasteiger partial charge is 0.135 e. The van der Waals surface area contributed by atoms with Gasteiger partial charge in [-0.15, -0.1) is 0 Å². The fraction of sp³-hybridized carbons (Fsp3) is 0.250. The van der Waals surface area contributed by atoms with E-state index in [1.807, 2.05) is 32.2 Å². The first kappa shape index (κ1) is 12.0. The SMILES string of the molecule is COc1c(C)cc(-c2cc(N)n(C)n2)cc1Br. The standard InChI is InChI=1S/C12H14BrN3O/c1-7-4-8(5-9(13)12(7)17-3)10-6-11(14)16(2)15-10/h4-6H,14H2,1-3H3. The Morgan fingerprint density at radius 3 is 2.53 bits per heavy atom. The van der Waals surface area contributed by atoms with Crippen LogP contribution < -0.4 is 10.5 Å². The van der Waals surface area contributed by atoms with E-state index >= 15 is 0 Å². The summed E-state index contributed by atoms with van der Waals surface area (Å²) in [6.07, 6.45) is 0. The Morgan fingerprint density at radius 2 is 2.06 bits per heavy atom. The molecule has 1 heterocycles. The van der Waals surface area contributed by atoms with Crippen LogP contribution in [0.2, 0.25) is 0 Å². The number of nitrogen functional groups attached to an aromatic ring is 1. The minimum atomic E-state index is 0.643. The van der Waals surface area contributed by atoms with Gasteiger partial charge in [0.15, 0.2) is 0 Å². The maximum Gasteiger partial charge on any atom is 0.135 e. The summed E-state index contributed by atoms with van der Waals surface area (Å²) in [6, 6.07) is 5.87. The number of methoxy groups -OCH3 is 1. The quantitative estimate of drug-likeness (QED) is 0.927. The van der Waals surface area contributed by atoms with Gasteiger partial charge < -0.3 is 10.5 Å². The second-order valence-corrected chi connectivity index (χ2v) is 4.74. The monoisotopic (exact) mass is 295 g/mol. The van der Waals surface area contributed by atoms with Crippen molar-refractivity contribution < 1.29 is 4.74 Å². The van der Waals surface area contributed by atoms with Crippen LogP contribution in [0.5, 0.6) is 5.75 Å². The maximum atomic E-state index is 5.77. The summed E-state index contributed by atoms with van der Waals surface area (Å²) in [7, 11) is 3.48. The van der Waals surface area contributed by atoms with Gasteiger partial charge in [0, 0.05) is 18.7 Å². The Balaban J connectivity index is 2.54. The summed E-state index contributed by atoms with van der Waals surface area (Å²) in [5.41, 5.74) is 8.70. The number of benzene rings is 1. The average molecular weight is 296 g/mol. The molecule has 4 nitrogen and oxygen atoms in total. The van der Waals surface area contributed by atoms with Crippen molar-refractivity contribution in [2.75, 3.05) is 12.8 Å². The molecule has 0 spiro atoms. The highest BCUT2D eigenvalue weighted by atomic mass is 79.9. The van der Waals surface area contributed by atoms with E-state index < -0.39 is 0 Å². The van der Waals surface area contributed by atoms with E-state index in [4.69, 9.17) is 10.5 Å². The third-order valence-electron chi connectivity index (χ3n) is 2.65. The van der Waals surface area contributed by atoms with Crippen molar-refractivity contribution >= 4 is 21.7 Å². The third-order valence-corrected chi connectivity index (χ3v) is 3.23. The zero-order valence-corrected chi connectivity index (χ0v) is 11.6. The molecule has 2 aromatic rings. The van der Waals surface area contributed by atoms with Crippen LogP contribution in [0.3, 0.4) is 0 Å². The normalized spacial score (nSPS) is 10.6. The summed E-state index contributed by atoms with van der Waals surface area (Å²) in [5, 5.41) is 4.35. The van der Waals surface area contributed by atoms with E-state index in [0.29, 0.717) is 5.82 Å². The zero-order chi connectivity index (χ0) is 12.6. The minimum Gasteiger partial charge on any atom is -0.495 e. The summed E-state index contributed by atoms with van der Waals surface area (Å²) >= 11 is 3.49. The average Bonchev–Trinajstić information content (AvgIpc) is 2.59. The Bertz CT molecular complexity index is 520. The number of halogens is 1. The number of anilines is 1. The van der Waals surface area contributed by atoms with Crippen LogP contribution in [0.15, 0.2) is 22.7 Å². The zero-order valence-electron chi connectivity index (χ0n) is 9.99. The number of nitrogens with two attached hydrogens (primary N) is 1. The number of aryl methyl sites for hydroxylation is 2. The van der Waals surface area contributed by atoms with Gasteiger partial charge in [-0.3, -0.25) is 4.68 Å². The molecular weight excluding hydrogens is 282 g/mol. The van der Waals surface area contributed by atoms with Crippen molar-refractivity contribution in [2.45, 2.75) is 6.92 Å². The second kappa shape index (κ2) is 4.41. The first-order chi connectivity index (χ1) is 8.02. The summed E-state index contributed by atoms with van der Waals surface area (Å²) < 4.78 is 7.87. The van der Waals surface area contributed by atoms with Crippen molar-refractivity contribution in [3.05, 3.63) is 28.2 Å². The summed E-state index contributed by atoms with van der Waals surface area (Å²) in [6.45, 7) is 2.00. The van der Waals surface area contributed by atoms with Crippen LogP contribution in [0.1, 0.15) is 5.56 Å². The topological polar surface area (TPSA) is 53.1 Å². The predicted molar refractivity (Wildman–Crippen MR) is 72.0 cm³/mol. The van der Waals surface area contributed by atoms with Gasteiger partial charge in [0.2, 0.25) is 0 Å². The molecule has 2 rings (SSSR count). The Hall–Kier alpha value is -1.49. The van der Waals surface area contributed by atoms with Crippen molar-refractivity contribution in [3.63, 3.8) is 0 Å². The van der Waals surface area contributed by atoms with Gasteiger partial charge in [0.1, 0.15) is 11.6 Å². The molecule has 1 aromatic heterocycles. The molecule has 0 aliphatic carbocycles. The third kappa shape index (κ3) is 2.15. The summed E-state index contributed by atoms with van der Waals surface area (Å²) in [5.74, 6) is 1.49. The molecule has 0 bridgehead atoms. The number of nitrogens with zero attached hydrogens (tertiary/aromatic N) is 2. The van der Waals surface area contributed by atoms with Gasteiger partial charge in [-0.2, -0.15) is 5.10 Å². The largest absolute Gasteiger partial charge is 0.495 e. The fourth-order valence-corrected chi connectivity index (χ4v) is 2.48. The molecule has 0 saturated carbocycles. The molecule has 0 aliphatic rings.